The van der Waals surface area contributed by atoms with Crippen molar-refractivity contribution in [3.8, 4) is 0 Å². The van der Waals surface area contributed by atoms with Crippen molar-refractivity contribution in [1.82, 2.24) is 5.32 Å². The molecule has 0 saturated carbocycles. The molecule has 0 aliphatic rings. The van der Waals surface area contributed by atoms with Gasteiger partial charge in [-0.2, -0.15) is 0 Å². The minimum absolute atomic E-state index is 0.127. The Balaban J connectivity index is 2.01. The van der Waals surface area contributed by atoms with Crippen LogP contribution in [0, 0.1) is 0 Å². The Hall–Kier alpha value is -2.62. The van der Waals surface area contributed by atoms with Crippen LogP contribution in [0.2, 0.25) is 0 Å². The standard InChI is InChI=1S/C19H22N2O2/c1-13(2)18-7-5-4-6-16(18)12-20-19(23)15-8-10-17(11-9-15)21-14(3)22/h4-11,13H,12H2,1-3H3,(H,20,23)(H,21,22). The first-order chi connectivity index (χ1) is 11.0. The molecule has 0 saturated heterocycles. The summed E-state index contributed by atoms with van der Waals surface area (Å²) in [7, 11) is 0. The lowest BCUT2D eigenvalue weighted by Crippen LogP contribution is -2.23. The van der Waals surface area contributed by atoms with Gasteiger partial charge in [0.25, 0.3) is 5.91 Å². The molecule has 0 atom stereocenters. The zero-order chi connectivity index (χ0) is 16.8. The number of rotatable bonds is 5. The van der Waals surface area contributed by atoms with Gasteiger partial charge in [0.1, 0.15) is 0 Å². The van der Waals surface area contributed by atoms with Crippen LogP contribution in [-0.4, -0.2) is 11.8 Å². The number of amides is 2. The summed E-state index contributed by atoms with van der Waals surface area (Å²) in [5.74, 6) is 0.158. The third-order valence-corrected chi connectivity index (χ3v) is 3.58. The van der Waals surface area contributed by atoms with Gasteiger partial charge in [-0.15, -0.1) is 0 Å². The highest BCUT2D eigenvalue weighted by Crippen LogP contribution is 2.19. The van der Waals surface area contributed by atoms with Gasteiger partial charge >= 0.3 is 0 Å². The van der Waals surface area contributed by atoms with Gasteiger partial charge < -0.3 is 10.6 Å². The first-order valence-electron chi connectivity index (χ1n) is 7.71. The minimum atomic E-state index is -0.132. The molecule has 0 aromatic heterocycles. The van der Waals surface area contributed by atoms with Crippen LogP contribution in [0.25, 0.3) is 0 Å². The maximum Gasteiger partial charge on any atom is 0.251 e. The fraction of sp³-hybridized carbons (Fsp3) is 0.263. The van der Waals surface area contributed by atoms with Crippen LogP contribution in [0.3, 0.4) is 0 Å². The van der Waals surface area contributed by atoms with E-state index < -0.39 is 0 Å². The number of benzene rings is 2. The van der Waals surface area contributed by atoms with Crippen LogP contribution in [0.15, 0.2) is 48.5 Å². The van der Waals surface area contributed by atoms with Gasteiger partial charge in [-0.05, 0) is 41.3 Å². The molecule has 2 rings (SSSR count). The van der Waals surface area contributed by atoms with Crippen molar-refractivity contribution in [3.05, 3.63) is 65.2 Å². The van der Waals surface area contributed by atoms with E-state index in [1.54, 1.807) is 24.3 Å². The number of anilines is 1. The molecule has 120 valence electrons. The fourth-order valence-electron chi connectivity index (χ4n) is 2.44. The molecule has 2 aromatic carbocycles. The van der Waals surface area contributed by atoms with Crippen molar-refractivity contribution < 1.29 is 9.59 Å². The monoisotopic (exact) mass is 310 g/mol. The predicted octanol–water partition coefficient (Wildman–Crippen LogP) is 3.70. The van der Waals surface area contributed by atoms with Gasteiger partial charge in [-0.25, -0.2) is 0 Å². The van der Waals surface area contributed by atoms with E-state index >= 15 is 0 Å². The van der Waals surface area contributed by atoms with Gasteiger partial charge in [0, 0.05) is 24.7 Å². The molecule has 0 unspecified atom stereocenters. The summed E-state index contributed by atoms with van der Waals surface area (Å²) >= 11 is 0. The summed E-state index contributed by atoms with van der Waals surface area (Å²) in [4.78, 5) is 23.2. The van der Waals surface area contributed by atoms with E-state index in [0.717, 1.165) is 5.56 Å². The Morgan fingerprint density at radius 3 is 2.26 bits per heavy atom. The second kappa shape index (κ2) is 7.58. The first-order valence-corrected chi connectivity index (χ1v) is 7.71. The van der Waals surface area contributed by atoms with E-state index in [1.165, 1.54) is 12.5 Å². The highest BCUT2D eigenvalue weighted by molar-refractivity contribution is 5.95. The van der Waals surface area contributed by atoms with Crippen LogP contribution in [-0.2, 0) is 11.3 Å². The van der Waals surface area contributed by atoms with Crippen LogP contribution in [0.5, 0.6) is 0 Å². The minimum Gasteiger partial charge on any atom is -0.348 e. The van der Waals surface area contributed by atoms with E-state index in [2.05, 4.69) is 30.5 Å². The highest BCUT2D eigenvalue weighted by Gasteiger charge is 2.09. The van der Waals surface area contributed by atoms with E-state index in [9.17, 15) is 9.59 Å². The predicted molar refractivity (Wildman–Crippen MR) is 92.4 cm³/mol. The van der Waals surface area contributed by atoms with E-state index in [4.69, 9.17) is 0 Å². The molecular weight excluding hydrogens is 288 g/mol. The van der Waals surface area contributed by atoms with Crippen molar-refractivity contribution in [3.63, 3.8) is 0 Å². The van der Waals surface area contributed by atoms with Crippen molar-refractivity contribution in [2.24, 2.45) is 0 Å². The van der Waals surface area contributed by atoms with Gasteiger partial charge in [0.05, 0.1) is 0 Å². The number of carbonyl (C=O) groups excluding carboxylic acids is 2. The van der Waals surface area contributed by atoms with Crippen molar-refractivity contribution in [1.29, 1.82) is 0 Å². The molecule has 0 spiro atoms. The zero-order valence-corrected chi connectivity index (χ0v) is 13.7. The smallest absolute Gasteiger partial charge is 0.251 e. The Labute approximate surface area is 136 Å². The molecule has 0 aliphatic carbocycles. The van der Waals surface area contributed by atoms with Gasteiger partial charge in [0.15, 0.2) is 0 Å². The molecule has 0 aliphatic heterocycles. The number of hydrogen-bond acceptors (Lipinski definition) is 2. The quantitative estimate of drug-likeness (QED) is 0.884. The van der Waals surface area contributed by atoms with Crippen molar-refractivity contribution in [2.75, 3.05) is 5.32 Å². The van der Waals surface area contributed by atoms with Crippen molar-refractivity contribution >= 4 is 17.5 Å². The largest absolute Gasteiger partial charge is 0.348 e. The van der Waals surface area contributed by atoms with Gasteiger partial charge in [-0.1, -0.05) is 38.1 Å². The van der Waals surface area contributed by atoms with Crippen LogP contribution >= 0.6 is 0 Å². The van der Waals surface area contributed by atoms with E-state index in [-0.39, 0.29) is 11.8 Å². The summed E-state index contributed by atoms with van der Waals surface area (Å²) in [6.07, 6.45) is 0. The maximum atomic E-state index is 12.2. The molecule has 0 bridgehead atoms. The first kappa shape index (κ1) is 16.7. The molecule has 4 nitrogen and oxygen atoms in total. The summed E-state index contributed by atoms with van der Waals surface area (Å²) < 4.78 is 0. The van der Waals surface area contributed by atoms with E-state index in [0.29, 0.717) is 23.7 Å². The number of nitrogens with one attached hydrogen (secondary N) is 2. The van der Waals surface area contributed by atoms with Crippen LogP contribution in [0.1, 0.15) is 48.2 Å². The second-order valence-electron chi connectivity index (χ2n) is 5.79. The normalized spacial score (nSPS) is 10.4. The van der Waals surface area contributed by atoms with E-state index in [1.807, 2.05) is 18.2 Å². The number of carbonyl (C=O) groups is 2. The molecular formula is C19H22N2O2. The summed E-state index contributed by atoms with van der Waals surface area (Å²) in [5, 5.41) is 5.62. The lowest BCUT2D eigenvalue weighted by atomic mass is 9.97. The summed E-state index contributed by atoms with van der Waals surface area (Å²) in [6, 6.07) is 15.0. The molecule has 2 N–H and O–H groups in total. The molecule has 2 aromatic rings. The molecule has 0 radical (unpaired) electrons. The molecule has 4 heteroatoms. The molecule has 0 heterocycles. The lowest BCUT2D eigenvalue weighted by molar-refractivity contribution is -0.114. The van der Waals surface area contributed by atoms with Crippen LogP contribution < -0.4 is 10.6 Å². The summed E-state index contributed by atoms with van der Waals surface area (Å²) in [5.41, 5.74) is 3.62. The van der Waals surface area contributed by atoms with Crippen molar-refractivity contribution in [2.45, 2.75) is 33.2 Å². The average Bonchev–Trinajstić information content (AvgIpc) is 2.53. The molecule has 2 amide bonds. The second-order valence-corrected chi connectivity index (χ2v) is 5.79. The topological polar surface area (TPSA) is 58.2 Å². The number of hydrogen-bond donors (Lipinski definition) is 2. The summed E-state index contributed by atoms with van der Waals surface area (Å²) in [6.45, 7) is 6.23. The maximum absolute atomic E-state index is 12.2. The fourth-order valence-corrected chi connectivity index (χ4v) is 2.44. The Morgan fingerprint density at radius 2 is 1.65 bits per heavy atom. The lowest BCUT2D eigenvalue weighted by Gasteiger charge is -2.13. The van der Waals surface area contributed by atoms with Gasteiger partial charge in [0.2, 0.25) is 5.91 Å². The van der Waals surface area contributed by atoms with Crippen LogP contribution in [0.4, 0.5) is 5.69 Å². The SMILES string of the molecule is CC(=O)Nc1ccc(C(=O)NCc2ccccc2C(C)C)cc1. The van der Waals surface area contributed by atoms with Gasteiger partial charge in [-0.3, -0.25) is 9.59 Å². The average molecular weight is 310 g/mol. The molecule has 23 heavy (non-hydrogen) atoms. The Bertz CT molecular complexity index is 691. The Kier molecular flexibility index (Phi) is 5.52. The highest BCUT2D eigenvalue weighted by atomic mass is 16.2. The Morgan fingerprint density at radius 1 is 1.00 bits per heavy atom. The zero-order valence-electron chi connectivity index (χ0n) is 13.7. The third kappa shape index (κ3) is 4.68. The third-order valence-electron chi connectivity index (χ3n) is 3.58. The molecule has 0 fully saturated rings.